The summed E-state index contributed by atoms with van der Waals surface area (Å²) in [4.78, 5) is 38.3. The molecular weight excluding hydrogens is 487 g/mol. The third kappa shape index (κ3) is 4.37. The van der Waals surface area contributed by atoms with Gasteiger partial charge in [0.15, 0.2) is 0 Å². The normalized spacial score (nSPS) is 18.0. The number of nitrogens with one attached hydrogen (secondary N) is 1. The highest BCUT2D eigenvalue weighted by atomic mass is 19.3. The Labute approximate surface area is 208 Å². The van der Waals surface area contributed by atoms with Gasteiger partial charge in [0.25, 0.3) is 5.91 Å². The summed E-state index contributed by atoms with van der Waals surface area (Å²) in [6, 6.07) is 11.7. The van der Waals surface area contributed by atoms with Crippen LogP contribution in [-0.4, -0.2) is 38.1 Å². The van der Waals surface area contributed by atoms with Crippen molar-refractivity contribution >= 4 is 28.4 Å². The maximum absolute atomic E-state index is 14.9. The number of carbonyl (C=O) groups excluding carboxylic acids is 2. The first-order valence-corrected chi connectivity index (χ1v) is 11.4. The third-order valence-electron chi connectivity index (χ3n) is 6.41. The molecule has 1 N–H and O–H groups in total. The van der Waals surface area contributed by atoms with Crippen LogP contribution in [0.5, 0.6) is 0 Å². The van der Waals surface area contributed by atoms with Gasteiger partial charge >= 0.3 is 5.92 Å². The third-order valence-corrected chi connectivity index (χ3v) is 6.41. The van der Waals surface area contributed by atoms with Crippen LogP contribution in [0.2, 0.25) is 0 Å². The second kappa shape index (κ2) is 8.91. The molecule has 0 radical (unpaired) electrons. The summed E-state index contributed by atoms with van der Waals surface area (Å²) < 4.78 is 45.2. The lowest BCUT2D eigenvalue weighted by Gasteiger charge is -2.30. The number of benzene rings is 2. The summed E-state index contributed by atoms with van der Waals surface area (Å²) in [5.74, 6) is -6.28. The molecule has 0 aliphatic carbocycles. The van der Waals surface area contributed by atoms with Gasteiger partial charge in [-0.1, -0.05) is 18.2 Å². The van der Waals surface area contributed by atoms with Crippen molar-refractivity contribution in [2.24, 2.45) is 7.05 Å². The van der Waals surface area contributed by atoms with Crippen LogP contribution in [0, 0.1) is 5.82 Å². The average molecular weight is 509 g/mol. The first-order valence-electron chi connectivity index (χ1n) is 11.4. The molecular formula is C26H22F3N5O3. The van der Waals surface area contributed by atoms with Crippen molar-refractivity contribution in [1.82, 2.24) is 19.7 Å². The highest BCUT2D eigenvalue weighted by Gasteiger charge is 2.45. The predicted octanol–water partition coefficient (Wildman–Crippen LogP) is 3.48. The number of alkyl halides is 2. The summed E-state index contributed by atoms with van der Waals surface area (Å²) in [6.07, 6.45) is 2.94. The smallest absolute Gasteiger partial charge is 0.321 e. The number of hydrogen-bond donors (Lipinski definition) is 1. The van der Waals surface area contributed by atoms with E-state index in [4.69, 9.17) is 0 Å². The molecule has 3 heterocycles. The van der Waals surface area contributed by atoms with E-state index < -0.39 is 35.6 Å². The summed E-state index contributed by atoms with van der Waals surface area (Å²) in [6.45, 7) is 0.463. The summed E-state index contributed by atoms with van der Waals surface area (Å²) >= 11 is 0. The number of carbonyl (C=O) groups is 2. The van der Waals surface area contributed by atoms with Crippen molar-refractivity contribution in [3.05, 3.63) is 88.7 Å². The van der Waals surface area contributed by atoms with Crippen molar-refractivity contribution in [3.8, 4) is 5.69 Å². The van der Waals surface area contributed by atoms with Gasteiger partial charge in [-0.3, -0.25) is 14.4 Å². The molecule has 1 aliphatic heterocycles. The van der Waals surface area contributed by atoms with Crippen LogP contribution in [0.25, 0.3) is 16.6 Å². The van der Waals surface area contributed by atoms with E-state index in [-0.39, 0.29) is 17.5 Å². The number of anilines is 1. The minimum atomic E-state index is -3.66. The van der Waals surface area contributed by atoms with Gasteiger partial charge in [-0.15, -0.1) is 0 Å². The highest BCUT2D eigenvalue weighted by molar-refractivity contribution is 6.00. The van der Waals surface area contributed by atoms with Crippen LogP contribution in [0.4, 0.5) is 18.9 Å². The van der Waals surface area contributed by atoms with E-state index in [0.717, 1.165) is 0 Å². The van der Waals surface area contributed by atoms with E-state index in [1.54, 1.807) is 54.5 Å². The second-order valence-electron chi connectivity index (χ2n) is 9.04. The molecule has 5 rings (SSSR count). The lowest BCUT2D eigenvalue weighted by molar-refractivity contribution is -0.143. The van der Waals surface area contributed by atoms with E-state index in [1.807, 2.05) is 0 Å². The molecule has 2 amide bonds. The first-order chi connectivity index (χ1) is 17.5. The Balaban J connectivity index is 1.57. The SMILES string of the molecule is Cn1cc(-n2ncc3cc(N4C(=O)C[C@@H](NC(=O)C(C)(F)F)[C@@H]4c4ccccc4F)ccc32)ccc1=O. The van der Waals surface area contributed by atoms with Gasteiger partial charge in [-0.2, -0.15) is 13.9 Å². The van der Waals surface area contributed by atoms with E-state index in [9.17, 15) is 27.6 Å². The van der Waals surface area contributed by atoms with E-state index in [2.05, 4.69) is 10.4 Å². The number of nitrogens with zero attached hydrogens (tertiary/aromatic N) is 4. The van der Waals surface area contributed by atoms with Crippen molar-refractivity contribution in [1.29, 1.82) is 0 Å². The summed E-state index contributed by atoms with van der Waals surface area (Å²) in [7, 11) is 1.63. The molecule has 0 saturated carbocycles. The molecule has 0 unspecified atom stereocenters. The number of hydrogen-bond acceptors (Lipinski definition) is 4. The Morgan fingerprint density at radius 3 is 2.51 bits per heavy atom. The lowest BCUT2D eigenvalue weighted by atomic mass is 9.98. The number of fused-ring (bicyclic) bond motifs is 1. The number of rotatable bonds is 5. The topological polar surface area (TPSA) is 89.2 Å². The molecule has 2 aromatic heterocycles. The monoisotopic (exact) mass is 509 g/mol. The molecule has 4 aromatic rings. The highest BCUT2D eigenvalue weighted by Crippen LogP contribution is 2.39. The fourth-order valence-electron chi connectivity index (χ4n) is 4.61. The zero-order chi connectivity index (χ0) is 26.5. The van der Waals surface area contributed by atoms with Gasteiger partial charge in [0, 0.05) is 49.3 Å². The van der Waals surface area contributed by atoms with E-state index in [1.165, 1.54) is 33.7 Å². The Kier molecular flexibility index (Phi) is 5.85. The molecule has 1 fully saturated rings. The Bertz CT molecular complexity index is 1590. The number of aryl methyl sites for hydroxylation is 1. The zero-order valence-electron chi connectivity index (χ0n) is 19.9. The second-order valence-corrected chi connectivity index (χ2v) is 9.04. The van der Waals surface area contributed by atoms with Crippen LogP contribution in [-0.2, 0) is 16.6 Å². The molecule has 190 valence electrons. The number of pyridine rings is 1. The maximum atomic E-state index is 14.9. The zero-order valence-corrected chi connectivity index (χ0v) is 19.9. The van der Waals surface area contributed by atoms with Crippen LogP contribution < -0.4 is 15.8 Å². The molecule has 11 heteroatoms. The van der Waals surface area contributed by atoms with Crippen molar-refractivity contribution < 1.29 is 22.8 Å². The average Bonchev–Trinajstić information content (AvgIpc) is 3.40. The first kappa shape index (κ1) is 24.3. The van der Waals surface area contributed by atoms with Gasteiger partial charge in [-0.25, -0.2) is 9.07 Å². The van der Waals surface area contributed by atoms with Crippen LogP contribution in [0.15, 0.2) is 71.8 Å². The van der Waals surface area contributed by atoms with Crippen molar-refractivity contribution in [2.75, 3.05) is 4.90 Å². The minimum absolute atomic E-state index is 0.0964. The Hall–Kier alpha value is -4.41. The summed E-state index contributed by atoms with van der Waals surface area (Å²) in [5, 5.41) is 7.28. The largest absolute Gasteiger partial charge is 0.345 e. The van der Waals surface area contributed by atoms with Crippen LogP contribution in [0.3, 0.4) is 0 Å². The maximum Gasteiger partial charge on any atom is 0.321 e. The molecule has 2 atom stereocenters. The van der Waals surface area contributed by atoms with Gasteiger partial charge in [0.1, 0.15) is 5.82 Å². The molecule has 0 bridgehead atoms. The predicted molar refractivity (Wildman–Crippen MR) is 130 cm³/mol. The Morgan fingerprint density at radius 2 is 1.81 bits per heavy atom. The number of halogens is 3. The van der Waals surface area contributed by atoms with Crippen molar-refractivity contribution in [3.63, 3.8) is 0 Å². The fraction of sp³-hybridized carbons (Fsp3) is 0.231. The quantitative estimate of drug-likeness (QED) is 0.446. The molecule has 37 heavy (non-hydrogen) atoms. The molecule has 0 spiro atoms. The Morgan fingerprint density at radius 1 is 1.08 bits per heavy atom. The van der Waals surface area contributed by atoms with E-state index >= 15 is 0 Å². The molecule has 8 nitrogen and oxygen atoms in total. The van der Waals surface area contributed by atoms with Gasteiger partial charge in [0.05, 0.1) is 29.5 Å². The van der Waals surface area contributed by atoms with Gasteiger partial charge in [0.2, 0.25) is 11.5 Å². The minimum Gasteiger partial charge on any atom is -0.345 e. The van der Waals surface area contributed by atoms with Gasteiger partial charge in [-0.05, 0) is 30.3 Å². The number of aromatic nitrogens is 3. The van der Waals surface area contributed by atoms with Crippen LogP contribution >= 0.6 is 0 Å². The standard InChI is InChI=1S/C26H22F3N5O3/c1-26(28,29)25(37)31-20-12-23(36)33(24(20)18-5-3-4-6-19(18)27)16-7-9-21-15(11-16)13-30-34(21)17-8-10-22(35)32(2)14-17/h3-11,13-14,20,24H,12H2,1-2H3,(H,31,37)/t20-,24+/m1/s1. The fourth-order valence-corrected chi connectivity index (χ4v) is 4.61. The van der Waals surface area contributed by atoms with E-state index in [0.29, 0.717) is 29.2 Å². The molecule has 1 saturated heterocycles. The molecule has 2 aromatic carbocycles. The number of amides is 2. The molecule has 1 aliphatic rings. The summed E-state index contributed by atoms with van der Waals surface area (Å²) in [5.41, 5.74) is 1.66. The van der Waals surface area contributed by atoms with Crippen LogP contribution in [0.1, 0.15) is 24.9 Å². The van der Waals surface area contributed by atoms with Gasteiger partial charge < -0.3 is 14.8 Å². The van der Waals surface area contributed by atoms with Crippen molar-refractivity contribution in [2.45, 2.75) is 31.4 Å². The lowest BCUT2D eigenvalue weighted by Crippen LogP contribution is -2.46.